The van der Waals surface area contributed by atoms with Crippen LogP contribution in [0.3, 0.4) is 0 Å². The number of carbonyl (C=O) groups excluding carboxylic acids is 1. The third-order valence-electron chi connectivity index (χ3n) is 4.24. The highest BCUT2D eigenvalue weighted by Crippen LogP contribution is 2.29. The highest BCUT2D eigenvalue weighted by molar-refractivity contribution is 6.12. The molecular formula is C19H16N2O5. The van der Waals surface area contributed by atoms with E-state index in [0.29, 0.717) is 10.9 Å². The van der Waals surface area contributed by atoms with E-state index in [1.165, 1.54) is 24.3 Å². The largest absolute Gasteiger partial charge is 0.506 e. The molecule has 0 spiro atoms. The van der Waals surface area contributed by atoms with E-state index in [9.17, 15) is 24.8 Å². The summed E-state index contributed by atoms with van der Waals surface area (Å²) in [7, 11) is 0. The average molecular weight is 352 g/mol. The Balaban J connectivity index is 2.15. The van der Waals surface area contributed by atoms with Crippen molar-refractivity contribution in [2.75, 3.05) is 0 Å². The van der Waals surface area contributed by atoms with Crippen molar-refractivity contribution in [3.05, 3.63) is 79.6 Å². The lowest BCUT2D eigenvalue weighted by atomic mass is 9.97. The number of rotatable bonds is 4. The lowest BCUT2D eigenvalue weighted by Crippen LogP contribution is -2.19. The first-order valence-corrected chi connectivity index (χ1v) is 7.97. The first-order chi connectivity index (χ1) is 12.3. The number of nitro groups is 1. The predicted octanol–water partition coefficient (Wildman–Crippen LogP) is 3.50. The van der Waals surface area contributed by atoms with Crippen molar-refractivity contribution in [2.24, 2.45) is 0 Å². The van der Waals surface area contributed by atoms with Gasteiger partial charge in [-0.05, 0) is 35.7 Å². The minimum Gasteiger partial charge on any atom is -0.506 e. The molecule has 3 rings (SSSR count). The van der Waals surface area contributed by atoms with E-state index in [1.54, 1.807) is 12.1 Å². The number of ketones is 1. The van der Waals surface area contributed by atoms with Gasteiger partial charge < -0.3 is 10.1 Å². The molecule has 0 amide bonds. The number of hydrogen-bond acceptors (Lipinski definition) is 5. The molecule has 0 aliphatic heterocycles. The third kappa shape index (κ3) is 2.95. The summed E-state index contributed by atoms with van der Waals surface area (Å²) >= 11 is 0. The van der Waals surface area contributed by atoms with Crippen LogP contribution in [0.5, 0.6) is 5.75 Å². The van der Waals surface area contributed by atoms with Crippen LogP contribution in [0.1, 0.15) is 41.3 Å². The lowest BCUT2D eigenvalue weighted by molar-refractivity contribution is -0.384. The molecule has 1 aromatic heterocycles. The lowest BCUT2D eigenvalue weighted by Gasteiger charge is -2.10. The van der Waals surface area contributed by atoms with Crippen molar-refractivity contribution < 1.29 is 14.8 Å². The Labute approximate surface area is 148 Å². The number of hydrogen-bond donors (Lipinski definition) is 2. The van der Waals surface area contributed by atoms with E-state index in [1.807, 2.05) is 19.9 Å². The molecule has 7 heteroatoms. The van der Waals surface area contributed by atoms with Crippen LogP contribution < -0.4 is 5.56 Å². The third-order valence-corrected chi connectivity index (χ3v) is 4.24. The topological polar surface area (TPSA) is 113 Å². The van der Waals surface area contributed by atoms with E-state index in [0.717, 1.165) is 5.56 Å². The van der Waals surface area contributed by atoms with Gasteiger partial charge in [-0.25, -0.2) is 0 Å². The number of nitrogens with zero attached hydrogens (tertiary/aromatic N) is 1. The van der Waals surface area contributed by atoms with Crippen molar-refractivity contribution in [2.45, 2.75) is 19.8 Å². The second-order valence-electron chi connectivity index (χ2n) is 6.27. The second kappa shape index (κ2) is 6.44. The summed E-state index contributed by atoms with van der Waals surface area (Å²) in [4.78, 5) is 37.7. The summed E-state index contributed by atoms with van der Waals surface area (Å²) in [6.45, 7) is 3.99. The number of non-ortho nitro benzene ring substituents is 1. The summed E-state index contributed by atoms with van der Waals surface area (Å²) in [5.41, 5.74) is 0.198. The first-order valence-electron chi connectivity index (χ1n) is 7.97. The second-order valence-corrected chi connectivity index (χ2v) is 6.27. The van der Waals surface area contributed by atoms with E-state index in [2.05, 4.69) is 4.98 Å². The molecule has 0 aliphatic carbocycles. The number of nitrogens with one attached hydrogen (secondary N) is 1. The zero-order valence-electron chi connectivity index (χ0n) is 14.1. The molecule has 0 atom stereocenters. The number of benzene rings is 2. The number of aromatic amines is 1. The highest BCUT2D eigenvalue weighted by Gasteiger charge is 2.21. The molecule has 132 valence electrons. The van der Waals surface area contributed by atoms with Crippen molar-refractivity contribution in [3.63, 3.8) is 0 Å². The fourth-order valence-corrected chi connectivity index (χ4v) is 2.74. The van der Waals surface area contributed by atoms with Crippen LogP contribution in [0.2, 0.25) is 0 Å². The maximum Gasteiger partial charge on any atom is 0.269 e. The van der Waals surface area contributed by atoms with Gasteiger partial charge in [-0.2, -0.15) is 0 Å². The maximum absolute atomic E-state index is 12.7. The average Bonchev–Trinajstić information content (AvgIpc) is 2.61. The van der Waals surface area contributed by atoms with Crippen LogP contribution in [-0.2, 0) is 0 Å². The summed E-state index contributed by atoms with van der Waals surface area (Å²) < 4.78 is 0. The zero-order chi connectivity index (χ0) is 19.0. The van der Waals surface area contributed by atoms with Crippen molar-refractivity contribution in [3.8, 4) is 5.75 Å². The molecule has 0 aliphatic rings. The Morgan fingerprint density at radius 2 is 1.81 bits per heavy atom. The molecule has 0 bridgehead atoms. The Hall–Kier alpha value is -3.48. The fraction of sp³-hybridized carbons (Fsp3) is 0.158. The van der Waals surface area contributed by atoms with Crippen molar-refractivity contribution in [1.82, 2.24) is 4.98 Å². The van der Waals surface area contributed by atoms with Gasteiger partial charge >= 0.3 is 0 Å². The highest BCUT2D eigenvalue weighted by atomic mass is 16.6. The van der Waals surface area contributed by atoms with Crippen molar-refractivity contribution >= 4 is 22.4 Å². The van der Waals surface area contributed by atoms with Gasteiger partial charge in [0.15, 0.2) is 0 Å². The van der Waals surface area contributed by atoms with Gasteiger partial charge in [0.1, 0.15) is 11.3 Å². The number of aromatic nitrogens is 1. The quantitative estimate of drug-likeness (QED) is 0.424. The number of aromatic hydroxyl groups is 1. The van der Waals surface area contributed by atoms with Crippen LogP contribution in [0, 0.1) is 10.1 Å². The van der Waals surface area contributed by atoms with E-state index < -0.39 is 22.0 Å². The molecule has 2 N–H and O–H groups in total. The number of carbonyl (C=O) groups is 1. The van der Waals surface area contributed by atoms with E-state index in [4.69, 9.17) is 0 Å². The van der Waals surface area contributed by atoms with E-state index >= 15 is 0 Å². The Morgan fingerprint density at radius 3 is 2.38 bits per heavy atom. The number of pyridine rings is 1. The van der Waals surface area contributed by atoms with E-state index in [-0.39, 0.29) is 22.7 Å². The molecule has 3 aromatic rings. The summed E-state index contributed by atoms with van der Waals surface area (Å²) in [6.07, 6.45) is 0. The standard InChI is InChI=1S/C19H16N2O5/c1-10(2)12-5-8-15-14(9-12)18(23)16(19(24)20-15)17(22)11-3-6-13(7-4-11)21(25)26/h3-10H,1-2H3,(H2,20,23,24). The number of fused-ring (bicyclic) bond motifs is 1. The van der Waals surface area contributed by atoms with Gasteiger partial charge in [-0.1, -0.05) is 19.9 Å². The van der Waals surface area contributed by atoms with Gasteiger partial charge in [0, 0.05) is 23.1 Å². The van der Waals surface area contributed by atoms with Crippen LogP contribution in [0.15, 0.2) is 47.3 Å². The summed E-state index contributed by atoms with van der Waals surface area (Å²) in [5.74, 6) is -0.885. The number of nitro benzene ring substituents is 1. The maximum atomic E-state index is 12.7. The van der Waals surface area contributed by atoms with Crippen molar-refractivity contribution in [1.29, 1.82) is 0 Å². The summed E-state index contributed by atoms with van der Waals surface area (Å²) in [5, 5.41) is 21.7. The van der Waals surface area contributed by atoms with Crippen LogP contribution >= 0.6 is 0 Å². The van der Waals surface area contributed by atoms with Gasteiger partial charge in [-0.15, -0.1) is 0 Å². The molecule has 26 heavy (non-hydrogen) atoms. The molecule has 7 nitrogen and oxygen atoms in total. The van der Waals surface area contributed by atoms with Crippen LogP contribution in [0.4, 0.5) is 5.69 Å². The van der Waals surface area contributed by atoms with Crippen LogP contribution in [0.25, 0.3) is 10.9 Å². The van der Waals surface area contributed by atoms with Crippen LogP contribution in [-0.4, -0.2) is 20.8 Å². The number of H-pyrrole nitrogens is 1. The van der Waals surface area contributed by atoms with Gasteiger partial charge in [0.25, 0.3) is 11.2 Å². The Kier molecular flexibility index (Phi) is 4.29. The Bertz CT molecular complexity index is 1080. The molecule has 0 unspecified atom stereocenters. The molecule has 0 radical (unpaired) electrons. The fourth-order valence-electron chi connectivity index (χ4n) is 2.74. The van der Waals surface area contributed by atoms with Gasteiger partial charge in [-0.3, -0.25) is 19.7 Å². The minimum atomic E-state index is -0.712. The molecule has 1 heterocycles. The molecule has 2 aromatic carbocycles. The first kappa shape index (κ1) is 17.3. The zero-order valence-corrected chi connectivity index (χ0v) is 14.1. The predicted molar refractivity (Wildman–Crippen MR) is 96.9 cm³/mol. The molecule has 0 saturated heterocycles. The van der Waals surface area contributed by atoms with Gasteiger partial charge in [0.2, 0.25) is 5.78 Å². The molecule has 0 saturated carbocycles. The smallest absolute Gasteiger partial charge is 0.269 e. The minimum absolute atomic E-state index is 0.0794. The molecule has 0 fully saturated rings. The normalized spacial score (nSPS) is 11.0. The van der Waals surface area contributed by atoms with Gasteiger partial charge in [0.05, 0.1) is 10.4 Å². The monoisotopic (exact) mass is 352 g/mol. The Morgan fingerprint density at radius 1 is 1.15 bits per heavy atom. The summed E-state index contributed by atoms with van der Waals surface area (Å²) in [6, 6.07) is 10.1. The SMILES string of the molecule is CC(C)c1ccc2[nH]c(=O)c(C(=O)c3ccc([N+](=O)[O-])cc3)c(O)c2c1. The molecular weight excluding hydrogens is 336 g/mol.